The zero-order valence-corrected chi connectivity index (χ0v) is 9.76. The molecule has 1 N–H and O–H groups in total. The summed E-state index contributed by atoms with van der Waals surface area (Å²) in [6.45, 7) is 0.974. The molecular weight excluding hydrogens is 212 g/mol. The number of nitrogens with zero attached hydrogens (tertiary/aromatic N) is 2. The van der Waals surface area contributed by atoms with Gasteiger partial charge < -0.3 is 9.67 Å². The molecule has 0 aliphatic carbocycles. The van der Waals surface area contributed by atoms with Crippen molar-refractivity contribution in [2.45, 2.75) is 32.4 Å². The maximum Gasteiger partial charge on any atom is 0.0702 e. The standard InChI is InChI=1S/C14H16N2O/c15-8-2-1-3-9-16-10-7-12-5-4-6-13(11-17)14(12)16/h4-7,10,17H,1-3,9,11H2. The normalized spacial score (nSPS) is 10.6. The Morgan fingerprint density at radius 3 is 2.88 bits per heavy atom. The van der Waals surface area contributed by atoms with E-state index in [0.717, 1.165) is 35.9 Å². The van der Waals surface area contributed by atoms with Crippen molar-refractivity contribution in [3.05, 3.63) is 36.0 Å². The molecule has 0 spiro atoms. The van der Waals surface area contributed by atoms with Crippen molar-refractivity contribution in [1.29, 1.82) is 5.26 Å². The molecule has 3 nitrogen and oxygen atoms in total. The lowest BCUT2D eigenvalue weighted by molar-refractivity contribution is 0.283. The van der Waals surface area contributed by atoms with Crippen molar-refractivity contribution in [2.24, 2.45) is 0 Å². The molecule has 3 heteroatoms. The van der Waals surface area contributed by atoms with E-state index in [2.05, 4.69) is 29.0 Å². The molecule has 0 atom stereocenters. The minimum absolute atomic E-state index is 0.0690. The summed E-state index contributed by atoms with van der Waals surface area (Å²) in [4.78, 5) is 0. The number of aliphatic hydroxyl groups is 1. The summed E-state index contributed by atoms with van der Waals surface area (Å²) in [6, 6.07) is 10.2. The molecular formula is C14H16N2O. The van der Waals surface area contributed by atoms with Gasteiger partial charge in [-0.15, -0.1) is 0 Å². The number of aryl methyl sites for hydroxylation is 1. The van der Waals surface area contributed by atoms with E-state index in [1.807, 2.05) is 12.1 Å². The number of aliphatic hydroxyl groups excluding tert-OH is 1. The lowest BCUT2D eigenvalue weighted by atomic mass is 10.1. The first-order chi connectivity index (χ1) is 8.36. The average Bonchev–Trinajstić information content (AvgIpc) is 2.78. The second-order valence-electron chi connectivity index (χ2n) is 4.14. The van der Waals surface area contributed by atoms with Gasteiger partial charge in [-0.3, -0.25) is 0 Å². The predicted molar refractivity (Wildman–Crippen MR) is 67.3 cm³/mol. The third-order valence-electron chi connectivity index (χ3n) is 2.98. The van der Waals surface area contributed by atoms with E-state index < -0.39 is 0 Å². The third-order valence-corrected chi connectivity index (χ3v) is 2.98. The van der Waals surface area contributed by atoms with Crippen LogP contribution in [0.25, 0.3) is 10.9 Å². The second kappa shape index (κ2) is 5.51. The summed E-state index contributed by atoms with van der Waals surface area (Å²) in [7, 11) is 0. The molecule has 0 unspecified atom stereocenters. The molecule has 0 bridgehead atoms. The molecule has 0 aliphatic rings. The summed E-state index contributed by atoms with van der Waals surface area (Å²) in [5.74, 6) is 0. The highest BCUT2D eigenvalue weighted by Gasteiger charge is 2.05. The van der Waals surface area contributed by atoms with Gasteiger partial charge in [-0.05, 0) is 24.3 Å². The van der Waals surface area contributed by atoms with Crippen LogP contribution >= 0.6 is 0 Å². The van der Waals surface area contributed by atoms with Crippen molar-refractivity contribution >= 4 is 10.9 Å². The average molecular weight is 228 g/mol. The van der Waals surface area contributed by atoms with Gasteiger partial charge in [-0.1, -0.05) is 18.2 Å². The highest BCUT2D eigenvalue weighted by Crippen LogP contribution is 2.21. The number of hydrogen-bond donors (Lipinski definition) is 1. The van der Waals surface area contributed by atoms with Crippen LogP contribution in [0.2, 0.25) is 0 Å². The largest absolute Gasteiger partial charge is 0.392 e. The Labute approximate surface area is 101 Å². The highest BCUT2D eigenvalue weighted by atomic mass is 16.3. The number of para-hydroxylation sites is 1. The van der Waals surface area contributed by atoms with Gasteiger partial charge in [0.1, 0.15) is 0 Å². The highest BCUT2D eigenvalue weighted by molar-refractivity contribution is 5.83. The van der Waals surface area contributed by atoms with Gasteiger partial charge in [0.15, 0.2) is 0 Å². The van der Waals surface area contributed by atoms with Gasteiger partial charge in [0.25, 0.3) is 0 Å². The van der Waals surface area contributed by atoms with Crippen LogP contribution in [0.3, 0.4) is 0 Å². The van der Waals surface area contributed by atoms with Gasteiger partial charge in [-0.2, -0.15) is 5.26 Å². The van der Waals surface area contributed by atoms with Crippen molar-refractivity contribution in [2.75, 3.05) is 0 Å². The smallest absolute Gasteiger partial charge is 0.0702 e. The van der Waals surface area contributed by atoms with E-state index in [9.17, 15) is 5.11 Å². The summed E-state index contributed by atoms with van der Waals surface area (Å²) in [6.07, 6.45) is 4.59. The molecule has 0 saturated heterocycles. The van der Waals surface area contributed by atoms with Crippen LogP contribution in [0, 0.1) is 11.3 Å². The van der Waals surface area contributed by atoms with Gasteiger partial charge in [-0.25, -0.2) is 0 Å². The number of rotatable bonds is 5. The molecule has 17 heavy (non-hydrogen) atoms. The predicted octanol–water partition coefficient (Wildman–Crippen LogP) is 2.83. The molecule has 2 rings (SSSR count). The number of hydrogen-bond acceptors (Lipinski definition) is 2. The van der Waals surface area contributed by atoms with E-state index in [4.69, 9.17) is 5.26 Å². The van der Waals surface area contributed by atoms with Gasteiger partial charge in [0, 0.05) is 24.7 Å². The lowest BCUT2D eigenvalue weighted by Gasteiger charge is -2.07. The molecule has 0 amide bonds. The molecule has 0 radical (unpaired) electrons. The second-order valence-corrected chi connectivity index (χ2v) is 4.14. The minimum Gasteiger partial charge on any atom is -0.392 e. The first-order valence-corrected chi connectivity index (χ1v) is 5.91. The molecule has 1 aromatic carbocycles. The Morgan fingerprint density at radius 1 is 1.24 bits per heavy atom. The van der Waals surface area contributed by atoms with Crippen LogP contribution < -0.4 is 0 Å². The third kappa shape index (κ3) is 2.48. The SMILES string of the molecule is N#CCCCCn1ccc2cccc(CO)c21. The molecule has 88 valence electrons. The van der Waals surface area contributed by atoms with Crippen LogP contribution in [0.15, 0.2) is 30.5 Å². The fraction of sp³-hybridized carbons (Fsp3) is 0.357. The summed E-state index contributed by atoms with van der Waals surface area (Å²) >= 11 is 0. The minimum atomic E-state index is 0.0690. The molecule has 0 saturated carbocycles. The molecule has 0 aliphatic heterocycles. The zero-order chi connectivity index (χ0) is 12.1. The van der Waals surface area contributed by atoms with Crippen molar-refractivity contribution in [3.8, 4) is 6.07 Å². The topological polar surface area (TPSA) is 49.0 Å². The number of aromatic nitrogens is 1. The number of benzene rings is 1. The Hall–Kier alpha value is -1.79. The Kier molecular flexibility index (Phi) is 3.79. The fourth-order valence-electron chi connectivity index (χ4n) is 2.14. The van der Waals surface area contributed by atoms with E-state index in [1.165, 1.54) is 0 Å². The maximum absolute atomic E-state index is 9.33. The quantitative estimate of drug-likeness (QED) is 0.800. The van der Waals surface area contributed by atoms with E-state index in [-0.39, 0.29) is 6.61 Å². The first kappa shape index (κ1) is 11.7. The van der Waals surface area contributed by atoms with Crippen molar-refractivity contribution in [1.82, 2.24) is 4.57 Å². The first-order valence-electron chi connectivity index (χ1n) is 5.91. The Bertz CT molecular complexity index is 537. The summed E-state index contributed by atoms with van der Waals surface area (Å²) in [5, 5.41) is 19.0. The maximum atomic E-state index is 9.33. The zero-order valence-electron chi connectivity index (χ0n) is 9.76. The van der Waals surface area contributed by atoms with Crippen LogP contribution in [0.1, 0.15) is 24.8 Å². The molecule has 1 heterocycles. The van der Waals surface area contributed by atoms with Gasteiger partial charge >= 0.3 is 0 Å². The van der Waals surface area contributed by atoms with Crippen LogP contribution in [-0.4, -0.2) is 9.67 Å². The summed E-state index contributed by atoms with van der Waals surface area (Å²) in [5.41, 5.74) is 2.08. The van der Waals surface area contributed by atoms with Gasteiger partial charge in [0.2, 0.25) is 0 Å². The number of fused-ring (bicyclic) bond motifs is 1. The van der Waals surface area contributed by atoms with Crippen molar-refractivity contribution in [3.63, 3.8) is 0 Å². The Balaban J connectivity index is 2.20. The number of nitriles is 1. The van der Waals surface area contributed by atoms with Gasteiger partial charge in [0.05, 0.1) is 18.2 Å². The fourth-order valence-corrected chi connectivity index (χ4v) is 2.14. The van der Waals surface area contributed by atoms with Crippen LogP contribution in [0.5, 0.6) is 0 Å². The van der Waals surface area contributed by atoms with Crippen LogP contribution in [0.4, 0.5) is 0 Å². The number of unbranched alkanes of at least 4 members (excludes halogenated alkanes) is 2. The van der Waals surface area contributed by atoms with E-state index >= 15 is 0 Å². The lowest BCUT2D eigenvalue weighted by Crippen LogP contribution is -1.98. The summed E-state index contributed by atoms with van der Waals surface area (Å²) < 4.78 is 2.16. The Morgan fingerprint density at radius 2 is 2.12 bits per heavy atom. The molecule has 0 fully saturated rings. The van der Waals surface area contributed by atoms with E-state index in [0.29, 0.717) is 6.42 Å². The van der Waals surface area contributed by atoms with Crippen LogP contribution in [-0.2, 0) is 13.2 Å². The van der Waals surface area contributed by atoms with E-state index in [1.54, 1.807) is 0 Å². The molecule has 2 aromatic rings. The monoisotopic (exact) mass is 228 g/mol. The molecule has 1 aromatic heterocycles. The van der Waals surface area contributed by atoms with Crippen molar-refractivity contribution < 1.29 is 5.11 Å².